The van der Waals surface area contributed by atoms with Crippen LogP contribution in [0.1, 0.15) is 38.1 Å². The fourth-order valence-corrected chi connectivity index (χ4v) is 4.30. The zero-order valence-corrected chi connectivity index (χ0v) is 13.6. The highest BCUT2D eigenvalue weighted by Gasteiger charge is 2.40. The molecule has 0 saturated heterocycles. The van der Waals surface area contributed by atoms with E-state index in [1.165, 1.54) is 6.42 Å². The number of hydrogen-bond donors (Lipinski definition) is 1. The van der Waals surface area contributed by atoms with Crippen molar-refractivity contribution in [3.05, 3.63) is 40.7 Å². The molecule has 2 nitrogen and oxygen atoms in total. The number of hydrogen-bond acceptors (Lipinski definition) is 3. The molecule has 1 fully saturated rings. The Hall–Kier alpha value is -1.19. The van der Waals surface area contributed by atoms with Gasteiger partial charge in [0.2, 0.25) is 0 Å². The van der Waals surface area contributed by atoms with Crippen LogP contribution < -0.4 is 0 Å². The van der Waals surface area contributed by atoms with E-state index >= 15 is 0 Å². The number of aliphatic hydroxyl groups is 1. The molecule has 3 atom stereocenters. The molecule has 112 valence electrons. The van der Waals surface area contributed by atoms with Gasteiger partial charge >= 0.3 is 0 Å². The Morgan fingerprint density at radius 3 is 2.81 bits per heavy atom. The Labute approximate surface area is 130 Å². The predicted molar refractivity (Wildman–Crippen MR) is 88.4 cm³/mol. The van der Waals surface area contributed by atoms with Crippen molar-refractivity contribution in [3.8, 4) is 11.3 Å². The molecule has 0 bridgehead atoms. The van der Waals surface area contributed by atoms with Crippen LogP contribution in [0.2, 0.25) is 0 Å². The highest BCUT2D eigenvalue weighted by Crippen LogP contribution is 2.40. The van der Waals surface area contributed by atoms with Crippen LogP contribution in [0.15, 0.2) is 35.7 Å². The lowest BCUT2D eigenvalue weighted by molar-refractivity contribution is -0.0620. The van der Waals surface area contributed by atoms with Crippen molar-refractivity contribution in [2.45, 2.75) is 45.1 Å². The number of rotatable bonds is 3. The summed E-state index contributed by atoms with van der Waals surface area (Å²) < 4.78 is 0. The summed E-state index contributed by atoms with van der Waals surface area (Å²) in [6.07, 6.45) is 3.95. The van der Waals surface area contributed by atoms with Gasteiger partial charge in [0.25, 0.3) is 0 Å². The van der Waals surface area contributed by atoms with Gasteiger partial charge in [-0.2, -0.15) is 0 Å². The van der Waals surface area contributed by atoms with Crippen molar-refractivity contribution in [1.29, 1.82) is 0 Å². The van der Waals surface area contributed by atoms with Crippen LogP contribution >= 0.6 is 11.3 Å². The summed E-state index contributed by atoms with van der Waals surface area (Å²) in [5, 5.41) is 14.2. The Balaban J connectivity index is 1.78. The first-order valence-corrected chi connectivity index (χ1v) is 8.69. The van der Waals surface area contributed by atoms with E-state index in [9.17, 15) is 5.11 Å². The molecule has 1 aromatic heterocycles. The maximum Gasteiger partial charge on any atom is 0.0961 e. The Morgan fingerprint density at radius 1 is 1.29 bits per heavy atom. The molecule has 3 rings (SSSR count). The molecule has 0 amide bonds. The summed E-state index contributed by atoms with van der Waals surface area (Å²) in [4.78, 5) is 4.74. The fourth-order valence-electron chi connectivity index (χ4n) is 3.38. The van der Waals surface area contributed by atoms with E-state index in [1.807, 2.05) is 18.2 Å². The van der Waals surface area contributed by atoms with E-state index < -0.39 is 5.60 Å². The van der Waals surface area contributed by atoms with E-state index in [1.54, 1.807) is 11.3 Å². The van der Waals surface area contributed by atoms with E-state index in [-0.39, 0.29) is 0 Å². The van der Waals surface area contributed by atoms with Crippen molar-refractivity contribution >= 4 is 11.3 Å². The summed E-state index contributed by atoms with van der Waals surface area (Å²) in [7, 11) is 0. The molecule has 1 heterocycles. The van der Waals surface area contributed by atoms with Crippen LogP contribution in [0.4, 0.5) is 0 Å². The zero-order chi connectivity index (χ0) is 14.9. The molecule has 2 aromatic rings. The van der Waals surface area contributed by atoms with Crippen LogP contribution in [0.25, 0.3) is 11.3 Å². The van der Waals surface area contributed by atoms with E-state index in [0.29, 0.717) is 18.3 Å². The van der Waals surface area contributed by atoms with Crippen LogP contribution in [0.5, 0.6) is 0 Å². The molecule has 0 aliphatic heterocycles. The zero-order valence-electron chi connectivity index (χ0n) is 12.7. The Morgan fingerprint density at radius 2 is 2.05 bits per heavy atom. The Kier molecular flexibility index (Phi) is 4.14. The van der Waals surface area contributed by atoms with Gasteiger partial charge in [0.15, 0.2) is 0 Å². The average molecular weight is 301 g/mol. The molecule has 0 spiro atoms. The van der Waals surface area contributed by atoms with Gasteiger partial charge in [-0.3, -0.25) is 0 Å². The largest absolute Gasteiger partial charge is 0.389 e. The highest BCUT2D eigenvalue weighted by atomic mass is 32.1. The van der Waals surface area contributed by atoms with E-state index in [2.05, 4.69) is 31.4 Å². The van der Waals surface area contributed by atoms with E-state index in [4.69, 9.17) is 4.98 Å². The standard InChI is InChI=1S/C18H23NOS/c1-13-7-6-10-18(20,14(13)2)11-17-19-16(12-21-17)15-8-4-3-5-9-15/h3-5,8-9,12-14,20H,6-7,10-11H2,1-2H3. The Bertz CT molecular complexity index is 594. The quantitative estimate of drug-likeness (QED) is 0.903. The van der Waals surface area contributed by atoms with Crippen molar-refractivity contribution in [2.75, 3.05) is 0 Å². The molecular weight excluding hydrogens is 278 g/mol. The average Bonchev–Trinajstić information content (AvgIpc) is 2.94. The minimum atomic E-state index is -0.580. The maximum atomic E-state index is 11.0. The minimum Gasteiger partial charge on any atom is -0.389 e. The number of thiazole rings is 1. The van der Waals surface area contributed by atoms with Crippen LogP contribution in [-0.4, -0.2) is 15.7 Å². The van der Waals surface area contributed by atoms with Gasteiger partial charge in [-0.15, -0.1) is 11.3 Å². The fraction of sp³-hybridized carbons (Fsp3) is 0.500. The van der Waals surface area contributed by atoms with Crippen LogP contribution in [-0.2, 0) is 6.42 Å². The van der Waals surface area contributed by atoms with Crippen molar-refractivity contribution in [3.63, 3.8) is 0 Å². The number of benzene rings is 1. The molecule has 1 aliphatic carbocycles. The number of nitrogens with zero attached hydrogens (tertiary/aromatic N) is 1. The third-order valence-electron chi connectivity index (χ3n) is 5.05. The molecule has 1 aliphatic rings. The molecule has 1 saturated carbocycles. The predicted octanol–water partition coefficient (Wildman–Crippen LogP) is 4.54. The lowest BCUT2D eigenvalue weighted by Crippen LogP contribution is -2.44. The monoisotopic (exact) mass is 301 g/mol. The first-order chi connectivity index (χ1) is 10.1. The topological polar surface area (TPSA) is 33.1 Å². The minimum absolute atomic E-state index is 0.343. The smallest absolute Gasteiger partial charge is 0.0961 e. The van der Waals surface area contributed by atoms with Gasteiger partial charge in [-0.05, 0) is 18.3 Å². The van der Waals surface area contributed by atoms with Gasteiger partial charge in [0, 0.05) is 17.4 Å². The second-order valence-corrected chi connectivity index (χ2v) is 7.37. The molecule has 1 N–H and O–H groups in total. The maximum absolute atomic E-state index is 11.0. The second-order valence-electron chi connectivity index (χ2n) is 6.43. The van der Waals surface area contributed by atoms with Crippen molar-refractivity contribution in [2.24, 2.45) is 11.8 Å². The van der Waals surface area contributed by atoms with Crippen LogP contribution in [0, 0.1) is 11.8 Å². The molecule has 3 heteroatoms. The molecule has 21 heavy (non-hydrogen) atoms. The molecular formula is C18H23NOS. The third-order valence-corrected chi connectivity index (χ3v) is 5.90. The van der Waals surface area contributed by atoms with Gasteiger partial charge in [0.05, 0.1) is 16.3 Å². The summed E-state index contributed by atoms with van der Waals surface area (Å²) in [5.41, 5.74) is 1.59. The van der Waals surface area contributed by atoms with Gasteiger partial charge < -0.3 is 5.11 Å². The first kappa shape index (κ1) is 14.7. The molecule has 3 unspecified atom stereocenters. The molecule has 0 radical (unpaired) electrons. The lowest BCUT2D eigenvalue weighted by atomic mass is 9.69. The summed E-state index contributed by atoms with van der Waals surface area (Å²) in [6, 6.07) is 10.3. The highest BCUT2D eigenvalue weighted by molar-refractivity contribution is 7.09. The van der Waals surface area contributed by atoms with E-state index in [0.717, 1.165) is 29.1 Å². The summed E-state index contributed by atoms with van der Waals surface area (Å²) in [5.74, 6) is 0.938. The third kappa shape index (κ3) is 3.04. The van der Waals surface area contributed by atoms with Crippen molar-refractivity contribution in [1.82, 2.24) is 4.98 Å². The molecule has 1 aromatic carbocycles. The first-order valence-electron chi connectivity index (χ1n) is 7.81. The van der Waals surface area contributed by atoms with Gasteiger partial charge in [0.1, 0.15) is 0 Å². The number of aromatic nitrogens is 1. The second kappa shape index (κ2) is 5.90. The summed E-state index contributed by atoms with van der Waals surface area (Å²) in [6.45, 7) is 4.45. The van der Waals surface area contributed by atoms with Gasteiger partial charge in [-0.25, -0.2) is 4.98 Å². The van der Waals surface area contributed by atoms with Crippen molar-refractivity contribution < 1.29 is 5.11 Å². The van der Waals surface area contributed by atoms with Crippen LogP contribution in [0.3, 0.4) is 0 Å². The van der Waals surface area contributed by atoms with Gasteiger partial charge in [-0.1, -0.05) is 57.0 Å². The SMILES string of the molecule is CC1CCCC(O)(Cc2nc(-c3ccccc3)cs2)C1C. The summed E-state index contributed by atoms with van der Waals surface area (Å²) >= 11 is 1.67. The lowest BCUT2D eigenvalue weighted by Gasteiger charge is -2.41. The normalized spacial score (nSPS) is 29.5.